The smallest absolute Gasteiger partial charge is 0.289 e. The zero-order valence-electron chi connectivity index (χ0n) is 16.2. The molecule has 6 nitrogen and oxygen atoms in total. The zero-order chi connectivity index (χ0) is 19.2. The van der Waals surface area contributed by atoms with Gasteiger partial charge in [-0.2, -0.15) is 0 Å². The molecule has 2 aliphatic rings. The van der Waals surface area contributed by atoms with Crippen molar-refractivity contribution < 1.29 is 18.7 Å². The number of likely N-dealkylation sites (tertiary alicyclic amines) is 1. The summed E-state index contributed by atoms with van der Waals surface area (Å²) in [6.07, 6.45) is 3.65. The number of furan rings is 1. The lowest BCUT2D eigenvalue weighted by Gasteiger charge is -2.35. The Kier molecular flexibility index (Phi) is 6.29. The quantitative estimate of drug-likeness (QED) is 0.766. The normalized spacial score (nSPS) is 18.9. The number of piperidine rings is 1. The Labute approximate surface area is 166 Å². The van der Waals surface area contributed by atoms with Crippen molar-refractivity contribution in [1.82, 2.24) is 9.80 Å². The maximum absolute atomic E-state index is 12.9. The van der Waals surface area contributed by atoms with E-state index in [2.05, 4.69) is 4.90 Å². The predicted octanol–water partition coefficient (Wildman–Crippen LogP) is 3.04. The lowest BCUT2D eigenvalue weighted by Crippen LogP contribution is -2.44. The number of hydrogen-bond acceptors (Lipinski definition) is 5. The van der Waals surface area contributed by atoms with E-state index >= 15 is 0 Å². The molecule has 1 aromatic carbocycles. The fourth-order valence-corrected chi connectivity index (χ4v) is 3.93. The van der Waals surface area contributed by atoms with Crippen LogP contribution in [0.4, 0.5) is 0 Å². The van der Waals surface area contributed by atoms with Crippen molar-refractivity contribution in [2.75, 3.05) is 45.9 Å². The molecule has 2 fully saturated rings. The number of benzene rings is 1. The summed E-state index contributed by atoms with van der Waals surface area (Å²) in [7, 11) is 0. The van der Waals surface area contributed by atoms with Crippen LogP contribution in [0.2, 0.25) is 0 Å². The zero-order valence-corrected chi connectivity index (χ0v) is 16.2. The molecule has 2 aromatic rings. The van der Waals surface area contributed by atoms with E-state index in [0.717, 1.165) is 70.1 Å². The molecule has 4 rings (SSSR count). The number of carbonyl (C=O) groups excluding carboxylic acids is 1. The van der Waals surface area contributed by atoms with Gasteiger partial charge in [0.25, 0.3) is 5.91 Å². The standard InChI is InChI=1S/C22H28N2O4/c25-22(21-19(8-13-27-21)17-28-20-4-2-1-3-5-20)24-9-6-18(7-10-24)16-23-11-14-26-15-12-23/h1-5,8,13,18H,6-7,9-12,14-17H2. The van der Waals surface area contributed by atoms with E-state index in [1.54, 1.807) is 6.26 Å². The monoisotopic (exact) mass is 384 g/mol. The molecular weight excluding hydrogens is 356 g/mol. The molecule has 2 aliphatic heterocycles. The molecule has 0 saturated carbocycles. The molecular formula is C22H28N2O4. The van der Waals surface area contributed by atoms with E-state index in [9.17, 15) is 4.79 Å². The Balaban J connectivity index is 1.29. The molecule has 0 radical (unpaired) electrons. The summed E-state index contributed by atoms with van der Waals surface area (Å²) in [4.78, 5) is 17.3. The number of rotatable bonds is 6. The molecule has 2 saturated heterocycles. The van der Waals surface area contributed by atoms with Gasteiger partial charge in [-0.25, -0.2) is 0 Å². The van der Waals surface area contributed by atoms with Gasteiger partial charge in [-0.15, -0.1) is 0 Å². The molecule has 1 aromatic heterocycles. The van der Waals surface area contributed by atoms with Crippen molar-refractivity contribution in [2.45, 2.75) is 19.4 Å². The van der Waals surface area contributed by atoms with Crippen LogP contribution in [-0.4, -0.2) is 61.6 Å². The summed E-state index contributed by atoms with van der Waals surface area (Å²) < 4.78 is 16.7. The molecule has 0 bridgehead atoms. The second kappa shape index (κ2) is 9.26. The van der Waals surface area contributed by atoms with Crippen LogP contribution in [0.3, 0.4) is 0 Å². The van der Waals surface area contributed by atoms with Crippen molar-refractivity contribution in [3.8, 4) is 5.75 Å². The van der Waals surface area contributed by atoms with Crippen LogP contribution in [0.1, 0.15) is 29.0 Å². The highest BCUT2D eigenvalue weighted by Crippen LogP contribution is 2.23. The van der Waals surface area contributed by atoms with Gasteiger partial charge >= 0.3 is 0 Å². The van der Waals surface area contributed by atoms with Crippen LogP contribution in [-0.2, 0) is 11.3 Å². The average molecular weight is 384 g/mol. The summed E-state index contributed by atoms with van der Waals surface area (Å²) in [6, 6.07) is 11.4. The third kappa shape index (κ3) is 4.75. The van der Waals surface area contributed by atoms with Crippen molar-refractivity contribution in [3.05, 3.63) is 54.0 Å². The van der Waals surface area contributed by atoms with Gasteiger partial charge in [-0.1, -0.05) is 18.2 Å². The molecule has 0 N–H and O–H groups in total. The van der Waals surface area contributed by atoms with Gasteiger partial charge in [0.05, 0.1) is 19.5 Å². The number of amides is 1. The van der Waals surface area contributed by atoms with Crippen LogP contribution >= 0.6 is 0 Å². The second-order valence-electron chi connectivity index (χ2n) is 7.53. The molecule has 0 spiro atoms. The Hall–Kier alpha value is -2.31. The van der Waals surface area contributed by atoms with E-state index in [1.165, 1.54) is 0 Å². The SMILES string of the molecule is O=C(c1occc1COc1ccccc1)N1CCC(CN2CCOCC2)CC1. The summed E-state index contributed by atoms with van der Waals surface area (Å²) in [6.45, 7) is 6.73. The van der Waals surface area contributed by atoms with E-state index in [-0.39, 0.29) is 5.91 Å². The van der Waals surface area contributed by atoms with Gasteiger partial charge in [0.1, 0.15) is 12.4 Å². The van der Waals surface area contributed by atoms with E-state index in [1.807, 2.05) is 41.3 Å². The second-order valence-corrected chi connectivity index (χ2v) is 7.53. The van der Waals surface area contributed by atoms with Gasteiger partial charge in [0.2, 0.25) is 0 Å². The van der Waals surface area contributed by atoms with Crippen LogP contribution in [0, 0.1) is 5.92 Å². The summed E-state index contributed by atoms with van der Waals surface area (Å²) in [5, 5.41) is 0. The maximum Gasteiger partial charge on any atom is 0.289 e. The van der Waals surface area contributed by atoms with Gasteiger partial charge in [0, 0.05) is 38.3 Å². The average Bonchev–Trinajstić information content (AvgIpc) is 3.22. The Morgan fingerprint density at radius 3 is 2.54 bits per heavy atom. The molecule has 0 unspecified atom stereocenters. The number of nitrogens with zero attached hydrogens (tertiary/aromatic N) is 2. The molecule has 0 atom stereocenters. The predicted molar refractivity (Wildman–Crippen MR) is 105 cm³/mol. The van der Waals surface area contributed by atoms with Crippen molar-refractivity contribution >= 4 is 5.91 Å². The Bertz CT molecular complexity index is 747. The minimum atomic E-state index is -0.0264. The van der Waals surface area contributed by atoms with Gasteiger partial charge in [-0.05, 0) is 37.0 Å². The Morgan fingerprint density at radius 2 is 1.79 bits per heavy atom. The van der Waals surface area contributed by atoms with E-state index < -0.39 is 0 Å². The van der Waals surface area contributed by atoms with Crippen LogP contribution in [0.25, 0.3) is 0 Å². The van der Waals surface area contributed by atoms with Crippen LogP contribution in [0.5, 0.6) is 5.75 Å². The minimum Gasteiger partial charge on any atom is -0.489 e. The fraction of sp³-hybridized carbons (Fsp3) is 0.500. The minimum absolute atomic E-state index is 0.0264. The highest BCUT2D eigenvalue weighted by atomic mass is 16.5. The summed E-state index contributed by atoms with van der Waals surface area (Å²) >= 11 is 0. The fourth-order valence-electron chi connectivity index (χ4n) is 3.93. The van der Waals surface area contributed by atoms with Crippen LogP contribution in [0.15, 0.2) is 47.1 Å². The van der Waals surface area contributed by atoms with Crippen molar-refractivity contribution in [3.63, 3.8) is 0 Å². The molecule has 1 amide bonds. The third-order valence-corrected chi connectivity index (χ3v) is 5.60. The maximum atomic E-state index is 12.9. The first kappa shape index (κ1) is 19.0. The van der Waals surface area contributed by atoms with Gasteiger partial charge in [0.15, 0.2) is 5.76 Å². The third-order valence-electron chi connectivity index (χ3n) is 5.60. The molecule has 28 heavy (non-hydrogen) atoms. The topological polar surface area (TPSA) is 55.2 Å². The summed E-state index contributed by atoms with van der Waals surface area (Å²) in [5.74, 6) is 1.81. The first-order valence-electron chi connectivity index (χ1n) is 10.1. The molecule has 3 heterocycles. The highest BCUT2D eigenvalue weighted by Gasteiger charge is 2.28. The van der Waals surface area contributed by atoms with Gasteiger partial charge < -0.3 is 18.8 Å². The lowest BCUT2D eigenvalue weighted by molar-refractivity contribution is 0.0240. The summed E-state index contributed by atoms with van der Waals surface area (Å²) in [5.41, 5.74) is 0.796. The number of hydrogen-bond donors (Lipinski definition) is 0. The largest absolute Gasteiger partial charge is 0.489 e. The molecule has 0 aliphatic carbocycles. The lowest BCUT2D eigenvalue weighted by atomic mass is 9.95. The first-order chi connectivity index (χ1) is 13.8. The number of carbonyl (C=O) groups is 1. The Morgan fingerprint density at radius 1 is 1.04 bits per heavy atom. The highest BCUT2D eigenvalue weighted by molar-refractivity contribution is 5.93. The van der Waals surface area contributed by atoms with Crippen molar-refractivity contribution in [2.24, 2.45) is 5.92 Å². The number of ether oxygens (including phenoxy) is 2. The molecule has 6 heteroatoms. The molecule has 150 valence electrons. The first-order valence-corrected chi connectivity index (χ1v) is 10.1. The van der Waals surface area contributed by atoms with Crippen LogP contribution < -0.4 is 4.74 Å². The number of para-hydroxylation sites is 1. The van der Waals surface area contributed by atoms with Gasteiger partial charge in [-0.3, -0.25) is 9.69 Å². The van der Waals surface area contributed by atoms with E-state index in [0.29, 0.717) is 18.3 Å². The van der Waals surface area contributed by atoms with E-state index in [4.69, 9.17) is 13.9 Å². The number of morpholine rings is 1. The van der Waals surface area contributed by atoms with Crippen molar-refractivity contribution in [1.29, 1.82) is 0 Å².